The Hall–Kier alpha value is -2.33. The Morgan fingerprint density at radius 3 is 2.20 bits per heavy atom. The molecule has 1 rings (SSSR count). The van der Waals surface area contributed by atoms with E-state index in [0.717, 1.165) is 13.8 Å². The topological polar surface area (TPSA) is 160 Å². The van der Waals surface area contributed by atoms with Crippen LogP contribution in [0.25, 0.3) is 0 Å². The zero-order valence-corrected chi connectivity index (χ0v) is 10.4. The van der Waals surface area contributed by atoms with Gasteiger partial charge in [-0.3, -0.25) is 9.59 Å². The molecule has 3 atom stereocenters. The highest BCUT2D eigenvalue weighted by Gasteiger charge is 2.58. The molecule has 1 aliphatic heterocycles. The third-order valence-corrected chi connectivity index (χ3v) is 2.22. The Balaban J connectivity index is 3.16. The van der Waals surface area contributed by atoms with Crippen LogP contribution in [0.3, 0.4) is 0 Å². The van der Waals surface area contributed by atoms with Crippen molar-refractivity contribution in [1.82, 2.24) is 0 Å². The molecule has 0 aromatic heterocycles. The molecular weight excluding hydrogens is 280 g/mol. The molecule has 0 bridgehead atoms. The van der Waals surface area contributed by atoms with Gasteiger partial charge >= 0.3 is 23.7 Å². The zero-order valence-electron chi connectivity index (χ0n) is 10.4. The Kier molecular flexibility index (Phi) is 4.20. The van der Waals surface area contributed by atoms with Crippen LogP contribution in [0, 0.1) is 0 Å². The highest BCUT2D eigenvalue weighted by Crippen LogP contribution is 2.32. The summed E-state index contributed by atoms with van der Waals surface area (Å²) in [7, 11) is 0. The van der Waals surface area contributed by atoms with Crippen molar-refractivity contribution in [3.05, 3.63) is 11.5 Å². The second kappa shape index (κ2) is 5.35. The molecule has 0 fully saturated rings. The maximum absolute atomic E-state index is 11.0. The lowest BCUT2D eigenvalue weighted by Gasteiger charge is -2.33. The first-order valence-corrected chi connectivity index (χ1v) is 5.20. The van der Waals surface area contributed by atoms with Gasteiger partial charge in [-0.1, -0.05) is 0 Å². The van der Waals surface area contributed by atoms with Crippen molar-refractivity contribution >= 4 is 17.9 Å². The number of aliphatic hydroxyl groups excluding tert-OH is 3. The average molecular weight is 292 g/mol. The van der Waals surface area contributed by atoms with Gasteiger partial charge in [0.05, 0.1) is 0 Å². The maximum atomic E-state index is 11.0. The molecule has 10 nitrogen and oxygen atoms in total. The predicted octanol–water partition coefficient (Wildman–Crippen LogP) is -1.63. The molecule has 0 aromatic rings. The number of hydrogen-bond acceptors (Lipinski definition) is 10. The third-order valence-electron chi connectivity index (χ3n) is 2.22. The van der Waals surface area contributed by atoms with Crippen LogP contribution in [0.2, 0.25) is 0 Å². The van der Waals surface area contributed by atoms with Gasteiger partial charge in [0, 0.05) is 13.8 Å². The molecule has 0 saturated heterocycles. The number of cyclic esters (lactones) is 1. The first-order valence-electron chi connectivity index (χ1n) is 5.20. The Bertz CT molecular complexity index is 480. The quantitative estimate of drug-likeness (QED) is 0.269. The van der Waals surface area contributed by atoms with E-state index in [4.69, 9.17) is 5.11 Å². The van der Waals surface area contributed by atoms with E-state index in [1.807, 2.05) is 0 Å². The highest BCUT2D eigenvalue weighted by atomic mass is 16.7. The molecule has 0 aliphatic carbocycles. The van der Waals surface area contributed by atoms with Gasteiger partial charge in [0.15, 0.2) is 5.76 Å². The van der Waals surface area contributed by atoms with Gasteiger partial charge in [-0.25, -0.2) is 4.79 Å². The summed E-state index contributed by atoms with van der Waals surface area (Å²) in [6.07, 6.45) is -4.64. The van der Waals surface area contributed by atoms with Crippen LogP contribution in [-0.2, 0) is 28.6 Å². The number of carbonyl (C=O) groups is 3. The molecule has 0 unspecified atom stereocenters. The van der Waals surface area contributed by atoms with E-state index in [1.165, 1.54) is 0 Å². The Morgan fingerprint density at radius 2 is 1.85 bits per heavy atom. The van der Waals surface area contributed by atoms with Crippen LogP contribution < -0.4 is 0 Å². The van der Waals surface area contributed by atoms with Crippen LogP contribution in [0.5, 0.6) is 0 Å². The minimum absolute atomic E-state index is 0.836. The van der Waals surface area contributed by atoms with E-state index in [0.29, 0.717) is 0 Å². The summed E-state index contributed by atoms with van der Waals surface area (Å²) in [6, 6.07) is 0. The molecule has 0 amide bonds. The summed E-state index contributed by atoms with van der Waals surface area (Å²) in [6.45, 7) is 1.72. The van der Waals surface area contributed by atoms with Crippen molar-refractivity contribution in [2.75, 3.05) is 0 Å². The predicted molar refractivity (Wildman–Crippen MR) is 56.7 cm³/mol. The summed E-state index contributed by atoms with van der Waals surface area (Å²) in [5, 5.41) is 38.2. The summed E-state index contributed by atoms with van der Waals surface area (Å²) >= 11 is 0. The lowest BCUT2D eigenvalue weighted by molar-refractivity contribution is -0.328. The standard InChI is InChI=1S/C10H12O10/c1-3(11)18-9(16)10(17,20-4(2)12)7-5(13)6(14)8(15)19-7/h7,9,13-14,16-17H,1-2H3/t7-,9+,10-/m0/s1. The maximum Gasteiger partial charge on any atom is 0.378 e. The normalized spacial score (nSPS) is 22.8. The van der Waals surface area contributed by atoms with E-state index in [2.05, 4.69) is 14.2 Å². The second-order valence-electron chi connectivity index (χ2n) is 3.83. The molecule has 4 N–H and O–H groups in total. The third kappa shape index (κ3) is 2.81. The van der Waals surface area contributed by atoms with Gasteiger partial charge in [0.1, 0.15) is 0 Å². The van der Waals surface area contributed by atoms with Crippen molar-refractivity contribution < 1.29 is 49.0 Å². The molecule has 1 aliphatic rings. The molecular formula is C10H12O10. The molecule has 112 valence electrons. The number of ether oxygens (including phenoxy) is 3. The fraction of sp³-hybridized carbons (Fsp3) is 0.500. The van der Waals surface area contributed by atoms with Crippen LogP contribution in [-0.4, -0.2) is 56.5 Å². The number of esters is 3. The minimum Gasteiger partial charge on any atom is -0.505 e. The fourth-order valence-electron chi connectivity index (χ4n) is 1.43. The molecule has 0 aromatic carbocycles. The van der Waals surface area contributed by atoms with Gasteiger partial charge < -0.3 is 34.6 Å². The fourth-order valence-corrected chi connectivity index (χ4v) is 1.43. The van der Waals surface area contributed by atoms with Crippen LogP contribution >= 0.6 is 0 Å². The van der Waals surface area contributed by atoms with Gasteiger partial charge in [0.2, 0.25) is 11.9 Å². The highest BCUT2D eigenvalue weighted by molar-refractivity contribution is 5.89. The van der Waals surface area contributed by atoms with Gasteiger partial charge in [-0.05, 0) is 0 Å². The molecule has 10 heteroatoms. The first kappa shape index (κ1) is 15.7. The molecule has 1 heterocycles. The molecule has 20 heavy (non-hydrogen) atoms. The molecule has 0 radical (unpaired) electrons. The first-order chi connectivity index (χ1) is 9.09. The Labute approximate surface area is 111 Å². The van der Waals surface area contributed by atoms with Crippen molar-refractivity contribution in [2.24, 2.45) is 0 Å². The van der Waals surface area contributed by atoms with Crippen molar-refractivity contribution in [3.8, 4) is 0 Å². The monoisotopic (exact) mass is 292 g/mol. The van der Waals surface area contributed by atoms with Crippen LogP contribution in [0.1, 0.15) is 13.8 Å². The second-order valence-corrected chi connectivity index (χ2v) is 3.83. The van der Waals surface area contributed by atoms with Crippen molar-refractivity contribution in [1.29, 1.82) is 0 Å². The summed E-state index contributed by atoms with van der Waals surface area (Å²) in [5.41, 5.74) is 0. The Morgan fingerprint density at radius 1 is 1.30 bits per heavy atom. The van der Waals surface area contributed by atoms with E-state index < -0.39 is 47.6 Å². The van der Waals surface area contributed by atoms with E-state index in [9.17, 15) is 29.7 Å². The summed E-state index contributed by atoms with van der Waals surface area (Å²) in [4.78, 5) is 32.7. The zero-order chi connectivity index (χ0) is 15.7. The number of aliphatic hydroxyl groups is 4. The smallest absolute Gasteiger partial charge is 0.378 e. The van der Waals surface area contributed by atoms with Gasteiger partial charge in [-0.15, -0.1) is 0 Å². The lowest BCUT2D eigenvalue weighted by Crippen LogP contribution is -2.57. The van der Waals surface area contributed by atoms with Gasteiger partial charge in [-0.2, -0.15) is 0 Å². The largest absolute Gasteiger partial charge is 0.505 e. The SMILES string of the molecule is CC(=O)O[C@@H](O)[C@@](O)(OC(C)=O)[C@H]1OC(=O)C(O)=C1O. The van der Waals surface area contributed by atoms with E-state index in [-0.39, 0.29) is 0 Å². The average Bonchev–Trinajstić information content (AvgIpc) is 2.55. The number of rotatable bonds is 4. The van der Waals surface area contributed by atoms with Crippen LogP contribution in [0.15, 0.2) is 11.5 Å². The van der Waals surface area contributed by atoms with E-state index in [1.54, 1.807) is 0 Å². The lowest BCUT2D eigenvalue weighted by atomic mass is 10.1. The number of carbonyl (C=O) groups excluding carboxylic acids is 3. The number of hydrogen-bond donors (Lipinski definition) is 4. The summed E-state index contributed by atoms with van der Waals surface area (Å²) in [5.74, 6) is -9.18. The minimum atomic E-state index is -3.12. The van der Waals surface area contributed by atoms with Crippen molar-refractivity contribution in [2.45, 2.75) is 32.0 Å². The van der Waals surface area contributed by atoms with Crippen LogP contribution in [0.4, 0.5) is 0 Å². The molecule has 0 spiro atoms. The van der Waals surface area contributed by atoms with Gasteiger partial charge in [0.25, 0.3) is 6.29 Å². The van der Waals surface area contributed by atoms with Crippen molar-refractivity contribution in [3.63, 3.8) is 0 Å². The summed E-state index contributed by atoms with van der Waals surface area (Å²) < 4.78 is 13.0. The van der Waals surface area contributed by atoms with E-state index >= 15 is 0 Å². The molecule has 0 saturated carbocycles.